The molecule has 1 unspecified atom stereocenters. The molecule has 0 fully saturated rings. The molecule has 0 aliphatic heterocycles. The van der Waals surface area contributed by atoms with Crippen molar-refractivity contribution in [2.45, 2.75) is 19.4 Å². The molecule has 0 bridgehead atoms. The second-order valence-electron chi connectivity index (χ2n) is 3.67. The van der Waals surface area contributed by atoms with Crippen molar-refractivity contribution in [1.82, 2.24) is 0 Å². The molecule has 1 aromatic carbocycles. The smallest absolute Gasteiger partial charge is 0.320 e. The van der Waals surface area contributed by atoms with E-state index in [0.717, 1.165) is 0 Å². The second kappa shape index (κ2) is 5.25. The van der Waals surface area contributed by atoms with Crippen molar-refractivity contribution in [3.05, 3.63) is 22.2 Å². The molecule has 0 saturated heterocycles. The van der Waals surface area contributed by atoms with Crippen LogP contribution < -0.4 is 10.5 Å². The summed E-state index contributed by atoms with van der Waals surface area (Å²) in [6.45, 7) is 1.70. The van der Waals surface area contributed by atoms with Crippen molar-refractivity contribution in [2.24, 2.45) is 5.73 Å². The highest BCUT2D eigenvalue weighted by Crippen LogP contribution is 2.38. The molecular weight excluding hydrogens is 246 g/mol. The molecule has 0 saturated carbocycles. The highest BCUT2D eigenvalue weighted by Gasteiger charge is 2.19. The number of ether oxygens (including phenoxy) is 1. The average molecular weight is 260 g/mol. The normalized spacial score (nSPS) is 12.2. The van der Waals surface area contributed by atoms with Gasteiger partial charge in [-0.2, -0.15) is 0 Å². The number of aliphatic carboxylic acids is 1. The van der Waals surface area contributed by atoms with Crippen molar-refractivity contribution in [3.63, 3.8) is 0 Å². The van der Waals surface area contributed by atoms with E-state index in [2.05, 4.69) is 0 Å². The summed E-state index contributed by atoms with van der Waals surface area (Å²) in [6, 6.07) is 0.404. The first-order chi connectivity index (χ1) is 7.88. The first kappa shape index (κ1) is 13.6. The van der Waals surface area contributed by atoms with Crippen LogP contribution in [-0.2, 0) is 11.2 Å². The van der Waals surface area contributed by atoms with Crippen molar-refractivity contribution < 1.29 is 19.7 Å². The third-order valence-electron chi connectivity index (χ3n) is 2.48. The van der Waals surface area contributed by atoms with E-state index >= 15 is 0 Å². The van der Waals surface area contributed by atoms with Gasteiger partial charge in [0.2, 0.25) is 0 Å². The minimum atomic E-state index is -1.14. The van der Waals surface area contributed by atoms with E-state index in [4.69, 9.17) is 27.2 Å². The number of carboxylic acids is 1. The Bertz CT molecular complexity index is 448. The number of carbonyl (C=O) groups is 1. The summed E-state index contributed by atoms with van der Waals surface area (Å²) >= 11 is 5.95. The lowest BCUT2D eigenvalue weighted by molar-refractivity contribution is -0.138. The summed E-state index contributed by atoms with van der Waals surface area (Å²) in [7, 11) is 1.40. The molecule has 5 nitrogen and oxygen atoms in total. The van der Waals surface area contributed by atoms with Gasteiger partial charge < -0.3 is 20.7 Å². The maximum Gasteiger partial charge on any atom is 0.320 e. The highest BCUT2D eigenvalue weighted by atomic mass is 35.5. The van der Waals surface area contributed by atoms with E-state index in [9.17, 15) is 9.90 Å². The van der Waals surface area contributed by atoms with E-state index < -0.39 is 12.0 Å². The quantitative estimate of drug-likeness (QED) is 0.758. The van der Waals surface area contributed by atoms with Crippen LogP contribution in [0.3, 0.4) is 0 Å². The predicted octanol–water partition coefficient (Wildman–Crippen LogP) is 1.32. The molecule has 0 radical (unpaired) electrons. The van der Waals surface area contributed by atoms with Gasteiger partial charge in [0.25, 0.3) is 0 Å². The molecule has 1 rings (SSSR count). The van der Waals surface area contributed by atoms with Gasteiger partial charge in [0.05, 0.1) is 7.11 Å². The number of halogens is 1. The van der Waals surface area contributed by atoms with E-state index in [1.54, 1.807) is 6.92 Å². The molecule has 94 valence electrons. The number of methoxy groups -OCH3 is 1. The molecule has 0 heterocycles. The van der Waals surface area contributed by atoms with Crippen LogP contribution in [0, 0.1) is 6.92 Å². The maximum atomic E-state index is 10.7. The number of nitrogens with two attached hydrogens (primary N) is 1. The van der Waals surface area contributed by atoms with Crippen LogP contribution in [0.1, 0.15) is 11.1 Å². The molecule has 17 heavy (non-hydrogen) atoms. The van der Waals surface area contributed by atoms with E-state index in [-0.39, 0.29) is 17.9 Å². The van der Waals surface area contributed by atoms with Gasteiger partial charge in [-0.15, -0.1) is 0 Å². The highest BCUT2D eigenvalue weighted by molar-refractivity contribution is 6.31. The minimum Gasteiger partial charge on any atom is -0.504 e. The zero-order valence-corrected chi connectivity index (χ0v) is 10.3. The van der Waals surface area contributed by atoms with Crippen LogP contribution >= 0.6 is 11.6 Å². The molecular formula is C11H14ClNO4. The van der Waals surface area contributed by atoms with Gasteiger partial charge >= 0.3 is 5.97 Å². The Balaban J connectivity index is 3.17. The lowest BCUT2D eigenvalue weighted by Crippen LogP contribution is -2.32. The Morgan fingerprint density at radius 1 is 1.65 bits per heavy atom. The number of hydrogen-bond acceptors (Lipinski definition) is 4. The first-order valence-electron chi connectivity index (χ1n) is 4.91. The second-order valence-corrected chi connectivity index (χ2v) is 4.08. The van der Waals surface area contributed by atoms with Gasteiger partial charge in [-0.1, -0.05) is 11.6 Å². The minimum absolute atomic E-state index is 0.0163. The molecule has 6 heteroatoms. The van der Waals surface area contributed by atoms with Gasteiger partial charge in [-0.05, 0) is 13.0 Å². The Morgan fingerprint density at radius 3 is 2.71 bits per heavy atom. The molecule has 0 aliphatic rings. The first-order valence-corrected chi connectivity index (χ1v) is 5.29. The van der Waals surface area contributed by atoms with Crippen LogP contribution in [0.5, 0.6) is 11.5 Å². The summed E-state index contributed by atoms with van der Waals surface area (Å²) in [5, 5.41) is 19.0. The Labute approximate surface area is 104 Å². The van der Waals surface area contributed by atoms with Crippen molar-refractivity contribution >= 4 is 17.6 Å². The maximum absolute atomic E-state index is 10.7. The van der Waals surface area contributed by atoms with Crippen LogP contribution in [0.4, 0.5) is 0 Å². The number of carboxylic acid groups (broad SMARTS) is 1. The van der Waals surface area contributed by atoms with Crippen molar-refractivity contribution in [2.75, 3.05) is 7.11 Å². The third-order valence-corrected chi connectivity index (χ3v) is 2.87. The summed E-state index contributed by atoms with van der Waals surface area (Å²) in [4.78, 5) is 10.7. The lowest BCUT2D eigenvalue weighted by atomic mass is 10.0. The Morgan fingerprint density at radius 2 is 2.24 bits per heavy atom. The topological polar surface area (TPSA) is 92.8 Å². The fourth-order valence-corrected chi connectivity index (χ4v) is 1.71. The Hall–Kier alpha value is -1.46. The molecule has 0 amide bonds. The third kappa shape index (κ3) is 2.81. The molecule has 0 aliphatic carbocycles. The fourth-order valence-electron chi connectivity index (χ4n) is 1.49. The number of benzene rings is 1. The molecule has 0 spiro atoms. The number of aromatic hydroxyl groups is 1. The molecule has 1 atom stereocenters. The zero-order chi connectivity index (χ0) is 13.2. The number of hydrogen-bond donors (Lipinski definition) is 3. The summed E-state index contributed by atoms with van der Waals surface area (Å²) in [5.74, 6) is -1.02. The molecule has 0 aromatic heterocycles. The van der Waals surface area contributed by atoms with Crippen molar-refractivity contribution in [1.29, 1.82) is 0 Å². The summed E-state index contributed by atoms with van der Waals surface area (Å²) < 4.78 is 5.02. The zero-order valence-electron chi connectivity index (χ0n) is 9.53. The standard InChI is InChI=1S/C11H14ClNO4/c1-5-7(12)3-6(4-8(13)11(15)16)9(14)10(5)17-2/h3,8,14H,4,13H2,1-2H3,(H,15,16). The van der Waals surface area contributed by atoms with Gasteiger partial charge in [0.15, 0.2) is 11.5 Å². The van der Waals surface area contributed by atoms with Crippen molar-refractivity contribution in [3.8, 4) is 11.5 Å². The predicted molar refractivity (Wildman–Crippen MR) is 63.7 cm³/mol. The summed E-state index contributed by atoms with van der Waals surface area (Å²) in [5.41, 5.74) is 6.35. The number of rotatable bonds is 4. The van der Waals surface area contributed by atoms with E-state index in [0.29, 0.717) is 16.1 Å². The van der Waals surface area contributed by atoms with Gasteiger partial charge in [-0.3, -0.25) is 4.79 Å². The van der Waals surface area contributed by atoms with Gasteiger partial charge in [-0.25, -0.2) is 0 Å². The van der Waals surface area contributed by atoms with Crippen LogP contribution in [-0.4, -0.2) is 29.3 Å². The Kier molecular flexibility index (Phi) is 4.20. The monoisotopic (exact) mass is 259 g/mol. The van der Waals surface area contributed by atoms with E-state index in [1.807, 2.05) is 0 Å². The SMILES string of the molecule is COc1c(C)c(Cl)cc(CC(N)C(=O)O)c1O. The summed E-state index contributed by atoms with van der Waals surface area (Å²) in [6.07, 6.45) is -0.0163. The molecule has 1 aromatic rings. The van der Waals surface area contributed by atoms with Crippen LogP contribution in [0.2, 0.25) is 5.02 Å². The lowest BCUT2D eigenvalue weighted by Gasteiger charge is -2.14. The largest absolute Gasteiger partial charge is 0.504 e. The number of phenols is 1. The average Bonchev–Trinajstić information content (AvgIpc) is 2.26. The van der Waals surface area contributed by atoms with Gasteiger partial charge in [0.1, 0.15) is 6.04 Å². The molecule has 4 N–H and O–H groups in total. The number of phenolic OH excluding ortho intramolecular Hbond substituents is 1. The van der Waals surface area contributed by atoms with E-state index in [1.165, 1.54) is 13.2 Å². The van der Waals surface area contributed by atoms with Gasteiger partial charge in [0, 0.05) is 22.6 Å². The van der Waals surface area contributed by atoms with Crippen LogP contribution in [0.15, 0.2) is 6.07 Å². The van der Waals surface area contributed by atoms with Crippen LogP contribution in [0.25, 0.3) is 0 Å². The fraction of sp³-hybridized carbons (Fsp3) is 0.364.